The Morgan fingerprint density at radius 3 is 2.33 bits per heavy atom. The van der Waals surface area contributed by atoms with Gasteiger partial charge in [0.25, 0.3) is 0 Å². The molecule has 1 aliphatic heterocycles. The van der Waals surface area contributed by atoms with Gasteiger partial charge in [0.2, 0.25) is 10.0 Å². The number of carboxylic acids is 1. The van der Waals surface area contributed by atoms with Gasteiger partial charge in [0.1, 0.15) is 0 Å². The third-order valence-electron chi connectivity index (χ3n) is 3.65. The van der Waals surface area contributed by atoms with Gasteiger partial charge < -0.3 is 10.0 Å². The summed E-state index contributed by atoms with van der Waals surface area (Å²) in [7, 11) is -1.73. The van der Waals surface area contributed by atoms with E-state index >= 15 is 0 Å². The molecule has 116 valence electrons. The lowest BCUT2D eigenvalue weighted by Gasteiger charge is -2.31. The van der Waals surface area contributed by atoms with Crippen LogP contribution in [0.4, 0.5) is 0 Å². The van der Waals surface area contributed by atoms with Crippen LogP contribution in [0.5, 0.6) is 0 Å². The molecule has 0 atom stereocenters. The fraction of sp³-hybridized carbons (Fsp3) is 0.462. The smallest absolute Gasteiger partial charge is 0.336 e. The summed E-state index contributed by atoms with van der Waals surface area (Å²) in [6.07, 6.45) is 0. The summed E-state index contributed by atoms with van der Waals surface area (Å²) in [5.41, 5.74) is 0.511. The number of halogens is 1. The lowest BCUT2D eigenvalue weighted by molar-refractivity contribution is 0.0695. The van der Waals surface area contributed by atoms with E-state index in [-0.39, 0.29) is 10.5 Å². The molecule has 1 aromatic carbocycles. The number of hydrogen-bond donors (Lipinski definition) is 1. The Labute approximate surface area is 132 Å². The number of piperazine rings is 1. The largest absolute Gasteiger partial charge is 0.478 e. The molecule has 1 aromatic rings. The number of rotatable bonds is 3. The fourth-order valence-corrected chi connectivity index (χ4v) is 4.29. The van der Waals surface area contributed by atoms with Crippen molar-refractivity contribution in [2.24, 2.45) is 0 Å². The van der Waals surface area contributed by atoms with Gasteiger partial charge in [-0.15, -0.1) is 0 Å². The fourth-order valence-electron chi connectivity index (χ4n) is 2.20. The summed E-state index contributed by atoms with van der Waals surface area (Å²) in [5.74, 6) is -1.14. The number of likely N-dealkylation sites (N-methyl/N-ethyl adjacent to an activating group) is 1. The Bertz CT molecular complexity index is 667. The van der Waals surface area contributed by atoms with Crippen LogP contribution in [-0.4, -0.2) is 61.9 Å². The third kappa shape index (κ3) is 3.28. The number of carbonyl (C=O) groups is 1. The lowest BCUT2D eigenvalue weighted by Crippen LogP contribution is -2.47. The van der Waals surface area contributed by atoms with Gasteiger partial charge in [-0.25, -0.2) is 13.2 Å². The SMILES string of the molecule is Cc1c(Br)cc(S(=O)(=O)N2CCN(C)CC2)cc1C(=O)O. The molecule has 0 aromatic heterocycles. The van der Waals surface area contributed by atoms with E-state index in [0.29, 0.717) is 36.2 Å². The van der Waals surface area contributed by atoms with Crippen LogP contribution in [-0.2, 0) is 10.0 Å². The van der Waals surface area contributed by atoms with Crippen molar-refractivity contribution in [3.63, 3.8) is 0 Å². The number of carboxylic acid groups (broad SMARTS) is 1. The maximum atomic E-state index is 12.6. The standard InChI is InChI=1S/C13H17BrN2O4S/c1-9-11(13(17)18)7-10(8-12(9)14)21(19,20)16-5-3-15(2)4-6-16/h7-8H,3-6H2,1-2H3,(H,17,18). The maximum Gasteiger partial charge on any atom is 0.336 e. The van der Waals surface area contributed by atoms with Crippen molar-refractivity contribution in [1.29, 1.82) is 0 Å². The van der Waals surface area contributed by atoms with Gasteiger partial charge >= 0.3 is 5.97 Å². The van der Waals surface area contributed by atoms with E-state index < -0.39 is 16.0 Å². The van der Waals surface area contributed by atoms with Crippen molar-refractivity contribution < 1.29 is 18.3 Å². The van der Waals surface area contributed by atoms with Crippen LogP contribution in [0.2, 0.25) is 0 Å². The first-order valence-electron chi connectivity index (χ1n) is 6.45. The molecule has 0 radical (unpaired) electrons. The van der Waals surface area contributed by atoms with Crippen molar-refractivity contribution in [3.05, 3.63) is 27.7 Å². The van der Waals surface area contributed by atoms with Crippen molar-refractivity contribution in [2.75, 3.05) is 33.2 Å². The molecule has 0 amide bonds. The van der Waals surface area contributed by atoms with Gasteiger partial charge in [-0.1, -0.05) is 15.9 Å². The molecule has 1 aliphatic rings. The summed E-state index contributed by atoms with van der Waals surface area (Å²) in [6.45, 7) is 3.79. The molecule has 1 N–H and O–H groups in total. The Kier molecular flexibility index (Phi) is 4.72. The highest BCUT2D eigenvalue weighted by Crippen LogP contribution is 2.27. The topological polar surface area (TPSA) is 77.9 Å². The van der Waals surface area contributed by atoms with Gasteiger partial charge in [0.05, 0.1) is 10.5 Å². The van der Waals surface area contributed by atoms with Crippen LogP contribution in [0.3, 0.4) is 0 Å². The zero-order valence-corrected chi connectivity index (χ0v) is 14.2. The molecule has 0 spiro atoms. The van der Waals surface area contributed by atoms with E-state index in [2.05, 4.69) is 20.8 Å². The van der Waals surface area contributed by atoms with E-state index in [1.807, 2.05) is 7.05 Å². The van der Waals surface area contributed by atoms with Gasteiger partial charge in [-0.3, -0.25) is 0 Å². The average Bonchev–Trinajstić information content (AvgIpc) is 2.41. The predicted octanol–water partition coefficient (Wildman–Crippen LogP) is 1.39. The molecule has 1 fully saturated rings. The van der Waals surface area contributed by atoms with Crippen molar-refractivity contribution in [2.45, 2.75) is 11.8 Å². The normalized spacial score (nSPS) is 17.9. The number of nitrogens with zero attached hydrogens (tertiary/aromatic N) is 2. The highest BCUT2D eigenvalue weighted by molar-refractivity contribution is 9.10. The quantitative estimate of drug-likeness (QED) is 0.862. The van der Waals surface area contributed by atoms with Crippen LogP contribution >= 0.6 is 15.9 Å². The maximum absolute atomic E-state index is 12.6. The van der Waals surface area contributed by atoms with E-state index in [1.165, 1.54) is 16.4 Å². The molecule has 0 unspecified atom stereocenters. The van der Waals surface area contributed by atoms with E-state index in [0.717, 1.165) is 0 Å². The predicted molar refractivity (Wildman–Crippen MR) is 82.1 cm³/mol. The first-order chi connectivity index (χ1) is 9.73. The Morgan fingerprint density at radius 2 is 1.81 bits per heavy atom. The van der Waals surface area contributed by atoms with Gasteiger partial charge in [0.15, 0.2) is 0 Å². The minimum atomic E-state index is -3.67. The second-order valence-electron chi connectivity index (χ2n) is 5.09. The monoisotopic (exact) mass is 376 g/mol. The minimum Gasteiger partial charge on any atom is -0.478 e. The third-order valence-corrected chi connectivity index (χ3v) is 6.35. The average molecular weight is 377 g/mol. The molecule has 1 heterocycles. The van der Waals surface area contributed by atoms with Crippen molar-refractivity contribution >= 4 is 31.9 Å². The second kappa shape index (κ2) is 6.04. The van der Waals surface area contributed by atoms with E-state index in [4.69, 9.17) is 0 Å². The summed E-state index contributed by atoms with van der Waals surface area (Å²) in [6, 6.07) is 2.70. The Balaban J connectivity index is 2.43. The first kappa shape index (κ1) is 16.4. The summed E-state index contributed by atoms with van der Waals surface area (Å²) >= 11 is 3.24. The van der Waals surface area contributed by atoms with Crippen LogP contribution in [0.1, 0.15) is 15.9 Å². The molecular weight excluding hydrogens is 360 g/mol. The molecule has 21 heavy (non-hydrogen) atoms. The summed E-state index contributed by atoms with van der Waals surface area (Å²) in [4.78, 5) is 13.3. The zero-order valence-electron chi connectivity index (χ0n) is 11.8. The summed E-state index contributed by atoms with van der Waals surface area (Å²) in [5, 5.41) is 9.19. The van der Waals surface area contributed by atoms with Gasteiger partial charge in [0, 0.05) is 30.7 Å². The first-order valence-corrected chi connectivity index (χ1v) is 8.69. The molecule has 2 rings (SSSR count). The summed E-state index contributed by atoms with van der Waals surface area (Å²) < 4.78 is 27.1. The van der Waals surface area contributed by atoms with Crippen LogP contribution < -0.4 is 0 Å². The highest BCUT2D eigenvalue weighted by atomic mass is 79.9. The van der Waals surface area contributed by atoms with Crippen LogP contribution in [0.25, 0.3) is 0 Å². The van der Waals surface area contributed by atoms with E-state index in [9.17, 15) is 18.3 Å². The Hall–Kier alpha value is -0.960. The van der Waals surface area contributed by atoms with Crippen molar-refractivity contribution in [1.82, 2.24) is 9.21 Å². The van der Waals surface area contributed by atoms with Crippen LogP contribution in [0, 0.1) is 6.92 Å². The number of sulfonamides is 1. The van der Waals surface area contributed by atoms with E-state index in [1.54, 1.807) is 6.92 Å². The molecule has 0 saturated carbocycles. The lowest BCUT2D eigenvalue weighted by atomic mass is 10.1. The molecular formula is C13H17BrN2O4S. The molecule has 8 heteroatoms. The molecule has 6 nitrogen and oxygen atoms in total. The number of hydrogen-bond acceptors (Lipinski definition) is 4. The molecule has 1 saturated heterocycles. The zero-order chi connectivity index (χ0) is 15.8. The van der Waals surface area contributed by atoms with Gasteiger partial charge in [-0.2, -0.15) is 4.31 Å². The van der Waals surface area contributed by atoms with Gasteiger partial charge in [-0.05, 0) is 31.7 Å². The molecule has 0 aliphatic carbocycles. The second-order valence-corrected chi connectivity index (χ2v) is 7.88. The Morgan fingerprint density at radius 1 is 1.24 bits per heavy atom. The number of aromatic carboxylic acids is 1. The van der Waals surface area contributed by atoms with Crippen LogP contribution in [0.15, 0.2) is 21.5 Å². The molecule has 0 bridgehead atoms. The number of benzene rings is 1. The van der Waals surface area contributed by atoms with Crippen molar-refractivity contribution in [3.8, 4) is 0 Å². The highest BCUT2D eigenvalue weighted by Gasteiger charge is 2.29. The minimum absolute atomic E-state index is 0.00271.